The van der Waals surface area contributed by atoms with Crippen molar-refractivity contribution in [2.45, 2.75) is 51.7 Å². The van der Waals surface area contributed by atoms with Gasteiger partial charge in [0.25, 0.3) is 0 Å². The van der Waals surface area contributed by atoms with Gasteiger partial charge in [0, 0.05) is 6.54 Å². The van der Waals surface area contributed by atoms with Crippen LogP contribution in [0.5, 0.6) is 0 Å². The second-order valence-corrected chi connectivity index (χ2v) is 6.30. The SMILES string of the molecule is CC(C)[C@H](N)C(=O)N1CCC[C@@H]1C(=O)NCC(=O)N[C@@H](C)C(=O)O. The summed E-state index contributed by atoms with van der Waals surface area (Å²) in [6.45, 7) is 5.11. The van der Waals surface area contributed by atoms with Crippen molar-refractivity contribution in [2.75, 3.05) is 13.1 Å². The zero-order valence-electron chi connectivity index (χ0n) is 14.2. The van der Waals surface area contributed by atoms with E-state index >= 15 is 0 Å². The van der Waals surface area contributed by atoms with Crippen LogP contribution in [-0.2, 0) is 19.2 Å². The van der Waals surface area contributed by atoms with Crippen molar-refractivity contribution in [1.82, 2.24) is 15.5 Å². The lowest BCUT2D eigenvalue weighted by molar-refractivity contribution is -0.142. The lowest BCUT2D eigenvalue weighted by atomic mass is 10.0. The molecular weight excluding hydrogens is 316 g/mol. The number of hydrogen-bond acceptors (Lipinski definition) is 5. The molecule has 1 rings (SSSR count). The van der Waals surface area contributed by atoms with Gasteiger partial charge in [0.15, 0.2) is 0 Å². The smallest absolute Gasteiger partial charge is 0.325 e. The Morgan fingerprint density at radius 1 is 1.25 bits per heavy atom. The van der Waals surface area contributed by atoms with Crippen LogP contribution in [0.3, 0.4) is 0 Å². The van der Waals surface area contributed by atoms with E-state index in [-0.39, 0.29) is 18.4 Å². The number of amides is 3. The number of rotatable bonds is 7. The highest BCUT2D eigenvalue weighted by atomic mass is 16.4. The Labute approximate surface area is 140 Å². The van der Waals surface area contributed by atoms with Crippen molar-refractivity contribution in [3.8, 4) is 0 Å². The van der Waals surface area contributed by atoms with Crippen molar-refractivity contribution < 1.29 is 24.3 Å². The molecular formula is C15H26N4O5. The predicted octanol–water partition coefficient (Wildman–Crippen LogP) is -1.33. The zero-order valence-corrected chi connectivity index (χ0v) is 14.2. The fourth-order valence-corrected chi connectivity index (χ4v) is 2.42. The fraction of sp³-hybridized carbons (Fsp3) is 0.733. The number of carboxylic acid groups (broad SMARTS) is 1. The molecule has 24 heavy (non-hydrogen) atoms. The molecule has 9 heteroatoms. The van der Waals surface area contributed by atoms with Crippen LogP contribution >= 0.6 is 0 Å². The summed E-state index contributed by atoms with van der Waals surface area (Å²) >= 11 is 0. The number of aliphatic carboxylic acids is 1. The number of nitrogens with zero attached hydrogens (tertiary/aromatic N) is 1. The van der Waals surface area contributed by atoms with Crippen LogP contribution in [0.4, 0.5) is 0 Å². The molecule has 1 aliphatic rings. The minimum absolute atomic E-state index is 0.0369. The van der Waals surface area contributed by atoms with E-state index in [1.165, 1.54) is 11.8 Å². The molecule has 5 N–H and O–H groups in total. The van der Waals surface area contributed by atoms with Gasteiger partial charge in [-0.2, -0.15) is 0 Å². The summed E-state index contributed by atoms with van der Waals surface area (Å²) in [6, 6.07) is -2.35. The highest BCUT2D eigenvalue weighted by molar-refractivity contribution is 5.93. The van der Waals surface area contributed by atoms with E-state index in [1.54, 1.807) is 0 Å². The van der Waals surface area contributed by atoms with Crippen molar-refractivity contribution in [3.05, 3.63) is 0 Å². The van der Waals surface area contributed by atoms with Crippen molar-refractivity contribution in [3.63, 3.8) is 0 Å². The Balaban J connectivity index is 2.56. The Bertz CT molecular complexity index is 508. The van der Waals surface area contributed by atoms with Gasteiger partial charge in [-0.05, 0) is 25.7 Å². The Hall–Kier alpha value is -2.16. The van der Waals surface area contributed by atoms with E-state index in [4.69, 9.17) is 10.8 Å². The maximum atomic E-state index is 12.3. The Morgan fingerprint density at radius 2 is 1.88 bits per heavy atom. The van der Waals surface area contributed by atoms with Crippen molar-refractivity contribution in [2.24, 2.45) is 11.7 Å². The summed E-state index contributed by atoms with van der Waals surface area (Å²) in [6.07, 6.45) is 1.20. The summed E-state index contributed by atoms with van der Waals surface area (Å²) in [7, 11) is 0. The minimum atomic E-state index is -1.16. The number of nitrogens with one attached hydrogen (secondary N) is 2. The first-order valence-electron chi connectivity index (χ1n) is 8.01. The quantitative estimate of drug-likeness (QED) is 0.451. The normalized spacial score (nSPS) is 19.7. The molecule has 0 aromatic rings. The monoisotopic (exact) mass is 342 g/mol. The number of carbonyl (C=O) groups is 4. The van der Waals surface area contributed by atoms with Crippen molar-refractivity contribution in [1.29, 1.82) is 0 Å². The summed E-state index contributed by atoms with van der Waals surface area (Å²) in [5.74, 6) is -2.51. The van der Waals surface area contributed by atoms with Gasteiger partial charge in [-0.15, -0.1) is 0 Å². The number of likely N-dealkylation sites (tertiary alicyclic amines) is 1. The van der Waals surface area contributed by atoms with Gasteiger partial charge in [-0.3, -0.25) is 19.2 Å². The molecule has 1 fully saturated rings. The summed E-state index contributed by atoms with van der Waals surface area (Å²) < 4.78 is 0. The number of hydrogen-bond donors (Lipinski definition) is 4. The zero-order chi connectivity index (χ0) is 18.4. The number of nitrogens with two attached hydrogens (primary N) is 1. The third-order valence-electron chi connectivity index (χ3n) is 4.01. The number of carbonyl (C=O) groups excluding carboxylic acids is 3. The van der Waals surface area contributed by atoms with E-state index in [2.05, 4.69) is 10.6 Å². The molecule has 1 aliphatic heterocycles. The molecule has 0 saturated carbocycles. The molecule has 0 aromatic carbocycles. The molecule has 9 nitrogen and oxygen atoms in total. The lowest BCUT2D eigenvalue weighted by Gasteiger charge is -2.28. The van der Waals surface area contributed by atoms with Gasteiger partial charge in [0.1, 0.15) is 12.1 Å². The lowest BCUT2D eigenvalue weighted by Crippen LogP contribution is -2.53. The third-order valence-corrected chi connectivity index (χ3v) is 4.01. The average molecular weight is 342 g/mol. The van der Waals surface area contributed by atoms with Crippen LogP contribution in [0.2, 0.25) is 0 Å². The van der Waals surface area contributed by atoms with Gasteiger partial charge in [0.2, 0.25) is 17.7 Å². The van der Waals surface area contributed by atoms with Crippen LogP contribution in [0.15, 0.2) is 0 Å². The second kappa shape index (κ2) is 8.62. The summed E-state index contributed by atoms with van der Waals surface area (Å²) in [5.41, 5.74) is 5.86. The largest absolute Gasteiger partial charge is 0.480 e. The van der Waals surface area contributed by atoms with E-state index in [0.29, 0.717) is 19.4 Å². The summed E-state index contributed by atoms with van der Waals surface area (Å²) in [5, 5.41) is 13.4. The van der Waals surface area contributed by atoms with Crippen molar-refractivity contribution >= 4 is 23.7 Å². The molecule has 0 aromatic heterocycles. The Kier molecular flexibility index (Phi) is 7.15. The minimum Gasteiger partial charge on any atom is -0.480 e. The van der Waals surface area contributed by atoms with E-state index in [1.807, 2.05) is 13.8 Å². The van der Waals surface area contributed by atoms with E-state index in [9.17, 15) is 19.2 Å². The van der Waals surface area contributed by atoms with Crippen LogP contribution in [0, 0.1) is 5.92 Å². The standard InChI is InChI=1S/C15H26N4O5/c1-8(2)12(16)14(22)19-6-4-5-10(19)13(21)17-7-11(20)18-9(3)15(23)24/h8-10,12H,4-7,16H2,1-3H3,(H,17,21)(H,18,20)(H,23,24)/t9-,10+,12-/m0/s1. The third kappa shape index (κ3) is 5.19. The first-order chi connectivity index (χ1) is 11.1. The van der Waals surface area contributed by atoms with Crippen LogP contribution < -0.4 is 16.4 Å². The van der Waals surface area contributed by atoms with E-state index < -0.39 is 35.9 Å². The van der Waals surface area contributed by atoms with Gasteiger partial charge in [0.05, 0.1) is 12.6 Å². The van der Waals surface area contributed by atoms with Gasteiger partial charge < -0.3 is 26.4 Å². The molecule has 0 radical (unpaired) electrons. The highest BCUT2D eigenvalue weighted by Crippen LogP contribution is 2.19. The van der Waals surface area contributed by atoms with Gasteiger partial charge in [-0.25, -0.2) is 0 Å². The maximum absolute atomic E-state index is 12.3. The second-order valence-electron chi connectivity index (χ2n) is 6.30. The molecule has 3 atom stereocenters. The fourth-order valence-electron chi connectivity index (χ4n) is 2.42. The molecule has 3 amide bonds. The van der Waals surface area contributed by atoms with Gasteiger partial charge >= 0.3 is 5.97 Å². The first-order valence-corrected chi connectivity index (χ1v) is 8.01. The summed E-state index contributed by atoms with van der Waals surface area (Å²) in [4.78, 5) is 48.3. The first kappa shape index (κ1) is 19.9. The molecule has 0 unspecified atom stereocenters. The van der Waals surface area contributed by atoms with Crippen LogP contribution in [0.25, 0.3) is 0 Å². The molecule has 1 saturated heterocycles. The maximum Gasteiger partial charge on any atom is 0.325 e. The topological polar surface area (TPSA) is 142 Å². The van der Waals surface area contributed by atoms with Crippen LogP contribution in [0.1, 0.15) is 33.6 Å². The molecule has 136 valence electrons. The molecule has 0 spiro atoms. The highest BCUT2D eigenvalue weighted by Gasteiger charge is 2.36. The molecule has 0 aliphatic carbocycles. The molecule has 0 bridgehead atoms. The van der Waals surface area contributed by atoms with Gasteiger partial charge in [-0.1, -0.05) is 13.8 Å². The molecule has 1 heterocycles. The number of carboxylic acids is 1. The van der Waals surface area contributed by atoms with Crippen LogP contribution in [-0.4, -0.2) is 64.9 Å². The predicted molar refractivity (Wildman–Crippen MR) is 85.8 cm³/mol. The Morgan fingerprint density at radius 3 is 2.42 bits per heavy atom. The average Bonchev–Trinajstić information content (AvgIpc) is 3.00. The van der Waals surface area contributed by atoms with E-state index in [0.717, 1.165) is 0 Å².